The molecular formula is C16H13N3O3S2. The molecule has 0 N–H and O–H groups in total. The van der Waals surface area contributed by atoms with Crippen molar-refractivity contribution in [1.82, 2.24) is 0 Å². The van der Waals surface area contributed by atoms with Crippen molar-refractivity contribution in [2.24, 2.45) is 9.98 Å². The highest BCUT2D eigenvalue weighted by atomic mass is 32.1. The van der Waals surface area contributed by atoms with Crippen LogP contribution in [0.2, 0.25) is 0 Å². The summed E-state index contributed by atoms with van der Waals surface area (Å²) in [5.41, 5.74) is 1.80. The molecular weight excluding hydrogens is 346 g/mol. The summed E-state index contributed by atoms with van der Waals surface area (Å²) in [4.78, 5) is 17.4. The second-order valence-corrected chi connectivity index (χ2v) is 4.72. The quantitative estimate of drug-likeness (QED) is 0.330. The molecule has 24 heavy (non-hydrogen) atoms. The highest BCUT2D eigenvalue weighted by molar-refractivity contribution is 7.78. The molecule has 6 nitrogen and oxygen atoms in total. The molecule has 0 bridgehead atoms. The second kappa shape index (κ2) is 10.1. The van der Waals surface area contributed by atoms with Gasteiger partial charge < -0.3 is 4.74 Å². The number of ether oxygens (including phenoxy) is 1. The highest BCUT2D eigenvalue weighted by Gasteiger charge is 2.12. The van der Waals surface area contributed by atoms with Crippen LogP contribution in [0.3, 0.4) is 0 Å². The number of rotatable bonds is 4. The molecule has 0 aliphatic rings. The Labute approximate surface area is 149 Å². The first-order chi connectivity index (χ1) is 11.5. The summed E-state index contributed by atoms with van der Waals surface area (Å²) in [6, 6.07) is 12.0. The summed E-state index contributed by atoms with van der Waals surface area (Å²) < 4.78 is 4.96. The minimum atomic E-state index is -0.488. The first-order valence-electron chi connectivity index (χ1n) is 6.56. The zero-order chi connectivity index (χ0) is 17.9. The molecule has 0 radical (unpaired) electrons. The summed E-state index contributed by atoms with van der Waals surface area (Å²) in [6.07, 6.45) is 0. The second-order valence-electron chi connectivity index (χ2n) is 4.35. The number of hydrogen-bond acceptors (Lipinski definition) is 7. The molecule has 0 aliphatic heterocycles. The van der Waals surface area contributed by atoms with Gasteiger partial charge in [-0.3, -0.25) is 10.1 Å². The number of methoxy groups -OCH3 is 1. The first kappa shape index (κ1) is 19.3. The lowest BCUT2D eigenvalue weighted by atomic mass is 10.2. The molecule has 2 aromatic rings. The van der Waals surface area contributed by atoms with Gasteiger partial charge in [0, 0.05) is 6.07 Å². The van der Waals surface area contributed by atoms with Gasteiger partial charge in [-0.25, -0.2) is 0 Å². The molecule has 0 saturated heterocycles. The van der Waals surface area contributed by atoms with Crippen LogP contribution in [0.25, 0.3) is 0 Å². The molecule has 0 unspecified atom stereocenters. The van der Waals surface area contributed by atoms with Crippen molar-refractivity contribution in [2.45, 2.75) is 6.92 Å². The number of nitro groups is 1. The van der Waals surface area contributed by atoms with E-state index in [0.717, 1.165) is 17.0 Å². The number of isothiocyanates is 2. The Hall–Kier alpha value is -2.76. The van der Waals surface area contributed by atoms with Crippen LogP contribution in [0.1, 0.15) is 5.56 Å². The fraction of sp³-hybridized carbons (Fsp3) is 0.125. The maximum absolute atomic E-state index is 10.5. The molecule has 0 aliphatic carbocycles. The van der Waals surface area contributed by atoms with Gasteiger partial charge in [0.05, 0.1) is 28.0 Å². The number of nitro benzene ring substituents is 1. The van der Waals surface area contributed by atoms with E-state index in [4.69, 9.17) is 4.74 Å². The van der Waals surface area contributed by atoms with Crippen LogP contribution in [0.15, 0.2) is 52.4 Å². The van der Waals surface area contributed by atoms with E-state index in [-0.39, 0.29) is 11.4 Å². The Morgan fingerprint density at radius 2 is 1.71 bits per heavy atom. The molecule has 2 aromatic carbocycles. The highest BCUT2D eigenvalue weighted by Crippen LogP contribution is 2.27. The van der Waals surface area contributed by atoms with Crippen molar-refractivity contribution in [2.75, 3.05) is 7.11 Å². The summed E-state index contributed by atoms with van der Waals surface area (Å²) in [5, 5.41) is 14.9. The standard InChI is InChI=1S/C8H6N2O2S.C8H7NOS/c1-6-2-3-7(9-5-13)8(4-6)10(11)12;1-10-8-4-2-7(3-5-8)9-6-11/h2-4H,1H3;2-5H,1H3. The molecule has 0 saturated carbocycles. The molecule has 0 aromatic heterocycles. The fourth-order valence-corrected chi connectivity index (χ4v) is 1.84. The molecule has 122 valence electrons. The van der Waals surface area contributed by atoms with Gasteiger partial charge in [0.15, 0.2) is 5.69 Å². The van der Waals surface area contributed by atoms with E-state index in [1.54, 1.807) is 26.2 Å². The number of benzene rings is 2. The largest absolute Gasteiger partial charge is 0.497 e. The number of nitrogens with zero attached hydrogens (tertiary/aromatic N) is 3. The van der Waals surface area contributed by atoms with Crippen molar-refractivity contribution >= 4 is 51.8 Å². The average molecular weight is 359 g/mol. The molecule has 8 heteroatoms. The van der Waals surface area contributed by atoms with E-state index in [1.807, 2.05) is 24.3 Å². The monoisotopic (exact) mass is 359 g/mol. The van der Waals surface area contributed by atoms with Crippen LogP contribution in [-0.4, -0.2) is 22.4 Å². The van der Waals surface area contributed by atoms with E-state index in [9.17, 15) is 10.1 Å². The van der Waals surface area contributed by atoms with Crippen LogP contribution >= 0.6 is 24.4 Å². The van der Waals surface area contributed by atoms with Crippen molar-refractivity contribution in [3.63, 3.8) is 0 Å². The summed E-state index contributed by atoms with van der Waals surface area (Å²) in [5.74, 6) is 0.813. The summed E-state index contributed by atoms with van der Waals surface area (Å²) in [7, 11) is 1.62. The number of thiocarbonyl (C=S) groups is 2. The van der Waals surface area contributed by atoms with Gasteiger partial charge in [-0.05, 0) is 67.3 Å². The Bertz CT molecular complexity index is 810. The van der Waals surface area contributed by atoms with Crippen LogP contribution in [-0.2, 0) is 0 Å². The van der Waals surface area contributed by atoms with Crippen LogP contribution in [0.4, 0.5) is 17.1 Å². The third-order valence-corrected chi connectivity index (χ3v) is 2.92. The SMILES string of the molecule is COc1ccc(N=C=S)cc1.Cc1ccc(N=C=S)c([N+](=O)[O-])c1. The summed E-state index contributed by atoms with van der Waals surface area (Å²) in [6.45, 7) is 1.78. The molecule has 0 heterocycles. The number of aliphatic imine (C=N–C) groups is 2. The third kappa shape index (κ3) is 6.16. The van der Waals surface area contributed by atoms with E-state index in [0.29, 0.717) is 0 Å². The van der Waals surface area contributed by atoms with E-state index in [1.165, 1.54) is 6.07 Å². The predicted octanol–water partition coefficient (Wildman–Crippen LogP) is 5.07. The summed E-state index contributed by atoms with van der Waals surface area (Å²) >= 11 is 8.82. The van der Waals surface area contributed by atoms with Crippen molar-refractivity contribution in [3.8, 4) is 5.75 Å². The minimum Gasteiger partial charge on any atom is -0.497 e. The average Bonchev–Trinajstić information content (AvgIpc) is 2.58. The van der Waals surface area contributed by atoms with Crippen molar-refractivity contribution < 1.29 is 9.66 Å². The molecule has 2 rings (SSSR count). The van der Waals surface area contributed by atoms with Gasteiger partial charge in [0.25, 0.3) is 5.69 Å². The lowest BCUT2D eigenvalue weighted by Gasteiger charge is -1.96. The topological polar surface area (TPSA) is 77.1 Å². The zero-order valence-corrected chi connectivity index (χ0v) is 14.6. The Balaban J connectivity index is 0.000000243. The van der Waals surface area contributed by atoms with Gasteiger partial charge in [-0.1, -0.05) is 6.07 Å². The van der Waals surface area contributed by atoms with E-state index < -0.39 is 4.92 Å². The van der Waals surface area contributed by atoms with Gasteiger partial charge in [0.1, 0.15) is 5.75 Å². The van der Waals surface area contributed by atoms with Gasteiger partial charge in [-0.2, -0.15) is 9.98 Å². The van der Waals surface area contributed by atoms with Gasteiger partial charge in [0.2, 0.25) is 0 Å². The maximum atomic E-state index is 10.5. The minimum absolute atomic E-state index is 0.0441. The molecule has 0 atom stereocenters. The maximum Gasteiger partial charge on any atom is 0.295 e. The Morgan fingerprint density at radius 1 is 1.08 bits per heavy atom. The Kier molecular flexibility index (Phi) is 8.11. The van der Waals surface area contributed by atoms with Gasteiger partial charge in [-0.15, -0.1) is 0 Å². The van der Waals surface area contributed by atoms with Crippen LogP contribution in [0.5, 0.6) is 5.75 Å². The van der Waals surface area contributed by atoms with Crippen LogP contribution in [0, 0.1) is 17.0 Å². The lowest BCUT2D eigenvalue weighted by molar-refractivity contribution is -0.384. The van der Waals surface area contributed by atoms with Crippen molar-refractivity contribution in [1.29, 1.82) is 0 Å². The first-order valence-corrected chi connectivity index (χ1v) is 7.38. The number of aryl methyl sites for hydroxylation is 1. The molecule has 0 amide bonds. The number of hydrogen-bond donors (Lipinski definition) is 0. The third-order valence-electron chi connectivity index (χ3n) is 2.74. The normalized spacial score (nSPS) is 8.75. The molecule has 0 fully saturated rings. The molecule has 0 spiro atoms. The lowest BCUT2D eigenvalue weighted by Crippen LogP contribution is -1.88. The van der Waals surface area contributed by atoms with E-state index >= 15 is 0 Å². The predicted molar refractivity (Wildman–Crippen MR) is 100 cm³/mol. The fourth-order valence-electron chi connectivity index (χ4n) is 1.63. The van der Waals surface area contributed by atoms with Crippen LogP contribution < -0.4 is 4.74 Å². The Morgan fingerprint density at radius 3 is 2.21 bits per heavy atom. The smallest absolute Gasteiger partial charge is 0.295 e. The zero-order valence-electron chi connectivity index (χ0n) is 12.9. The van der Waals surface area contributed by atoms with E-state index in [2.05, 4.69) is 44.7 Å². The van der Waals surface area contributed by atoms with Crippen molar-refractivity contribution in [3.05, 3.63) is 58.1 Å². The van der Waals surface area contributed by atoms with Gasteiger partial charge >= 0.3 is 0 Å².